The van der Waals surface area contributed by atoms with E-state index in [-0.39, 0.29) is 0 Å². The van der Waals surface area contributed by atoms with Crippen LogP contribution in [0.25, 0.3) is 0 Å². The Kier molecular flexibility index (Phi) is 4.42. The molecule has 3 nitrogen and oxygen atoms in total. The van der Waals surface area contributed by atoms with Crippen molar-refractivity contribution >= 4 is 0 Å². The van der Waals surface area contributed by atoms with E-state index in [1.807, 2.05) is 0 Å². The molecule has 2 aliphatic heterocycles. The van der Waals surface area contributed by atoms with Crippen LogP contribution < -0.4 is 5.32 Å². The summed E-state index contributed by atoms with van der Waals surface area (Å²) in [5.74, 6) is 0. The van der Waals surface area contributed by atoms with Crippen LogP contribution in [0.5, 0.6) is 0 Å². The highest BCUT2D eigenvalue weighted by atomic mass is 16.5. The van der Waals surface area contributed by atoms with Crippen LogP contribution in [0, 0.1) is 0 Å². The average Bonchev–Trinajstić information content (AvgIpc) is 2.89. The van der Waals surface area contributed by atoms with Crippen molar-refractivity contribution in [3.05, 3.63) is 0 Å². The lowest BCUT2D eigenvalue weighted by Gasteiger charge is -2.22. The number of ether oxygens (including phenoxy) is 2. The van der Waals surface area contributed by atoms with Crippen molar-refractivity contribution in [1.29, 1.82) is 0 Å². The smallest absolute Gasteiger partial charge is 0.0590 e. The van der Waals surface area contributed by atoms with Gasteiger partial charge in [0, 0.05) is 19.3 Å². The lowest BCUT2D eigenvalue weighted by Crippen LogP contribution is -2.33. The van der Waals surface area contributed by atoms with Gasteiger partial charge in [-0.25, -0.2) is 0 Å². The molecule has 0 amide bonds. The first-order chi connectivity index (χ1) is 7.38. The van der Waals surface area contributed by atoms with Crippen LogP contribution in [-0.2, 0) is 9.47 Å². The molecular formula is C12H23NO2. The number of nitrogens with one attached hydrogen (secondary N) is 1. The highest BCUT2D eigenvalue weighted by molar-refractivity contribution is 4.78. The normalized spacial score (nSPS) is 33.4. The molecule has 2 rings (SSSR count). The van der Waals surface area contributed by atoms with Crippen LogP contribution in [0.3, 0.4) is 0 Å². The van der Waals surface area contributed by atoms with Crippen molar-refractivity contribution in [2.24, 2.45) is 0 Å². The quantitative estimate of drug-likeness (QED) is 0.754. The summed E-state index contributed by atoms with van der Waals surface area (Å²) < 4.78 is 11.3. The molecule has 0 aliphatic carbocycles. The second kappa shape index (κ2) is 5.83. The van der Waals surface area contributed by atoms with Gasteiger partial charge in [-0.1, -0.05) is 0 Å². The third kappa shape index (κ3) is 3.44. The molecule has 0 aromatic rings. The zero-order chi connectivity index (χ0) is 10.5. The largest absolute Gasteiger partial charge is 0.378 e. The van der Waals surface area contributed by atoms with Crippen molar-refractivity contribution < 1.29 is 9.47 Å². The number of hydrogen-bond donors (Lipinski definition) is 1. The molecule has 0 radical (unpaired) electrons. The molecule has 0 bridgehead atoms. The molecule has 88 valence electrons. The Hall–Kier alpha value is -0.120. The van der Waals surface area contributed by atoms with Gasteiger partial charge in [0.15, 0.2) is 0 Å². The molecule has 2 heterocycles. The van der Waals surface area contributed by atoms with E-state index in [0.717, 1.165) is 26.1 Å². The lowest BCUT2D eigenvalue weighted by atomic mass is 10.00. The molecule has 0 aromatic carbocycles. The number of rotatable bonds is 5. The van der Waals surface area contributed by atoms with Gasteiger partial charge in [0.2, 0.25) is 0 Å². The van der Waals surface area contributed by atoms with Gasteiger partial charge in [-0.15, -0.1) is 0 Å². The molecular weight excluding hydrogens is 190 g/mol. The van der Waals surface area contributed by atoms with Gasteiger partial charge >= 0.3 is 0 Å². The van der Waals surface area contributed by atoms with E-state index in [4.69, 9.17) is 9.47 Å². The second-order valence-electron chi connectivity index (χ2n) is 4.73. The monoisotopic (exact) mass is 213 g/mol. The van der Waals surface area contributed by atoms with Crippen LogP contribution in [0.4, 0.5) is 0 Å². The maximum atomic E-state index is 5.67. The maximum absolute atomic E-state index is 5.67. The first kappa shape index (κ1) is 11.4. The first-order valence-corrected chi connectivity index (χ1v) is 6.29. The standard InChI is InChI=1S/C12H23NO2/c1-13-10(8-11-4-2-6-14-11)9-12-5-3-7-15-12/h10-13H,2-9H2,1H3. The zero-order valence-electron chi connectivity index (χ0n) is 9.71. The summed E-state index contributed by atoms with van der Waals surface area (Å²) in [4.78, 5) is 0. The molecule has 0 saturated carbocycles. The van der Waals surface area contributed by atoms with Gasteiger partial charge in [0.1, 0.15) is 0 Å². The SMILES string of the molecule is CNC(CC1CCCO1)CC1CCCO1. The molecule has 2 saturated heterocycles. The fourth-order valence-corrected chi connectivity index (χ4v) is 2.63. The Labute approximate surface area is 92.5 Å². The maximum Gasteiger partial charge on any atom is 0.0590 e. The summed E-state index contributed by atoms with van der Waals surface area (Å²) in [7, 11) is 2.05. The highest BCUT2D eigenvalue weighted by Crippen LogP contribution is 2.22. The molecule has 2 aliphatic rings. The summed E-state index contributed by atoms with van der Waals surface area (Å²) in [5, 5.41) is 3.40. The Morgan fingerprint density at radius 1 is 1.07 bits per heavy atom. The van der Waals surface area contributed by atoms with Crippen LogP contribution in [0.15, 0.2) is 0 Å². The Bertz CT molecular complexity index is 156. The zero-order valence-corrected chi connectivity index (χ0v) is 9.71. The van der Waals surface area contributed by atoms with Gasteiger partial charge in [-0.2, -0.15) is 0 Å². The van der Waals surface area contributed by atoms with Crippen LogP contribution >= 0.6 is 0 Å². The van der Waals surface area contributed by atoms with Crippen LogP contribution in [0.1, 0.15) is 38.5 Å². The molecule has 15 heavy (non-hydrogen) atoms. The summed E-state index contributed by atoms with van der Waals surface area (Å²) in [5.41, 5.74) is 0. The van der Waals surface area contributed by atoms with E-state index in [1.54, 1.807) is 0 Å². The van der Waals surface area contributed by atoms with Crippen molar-refractivity contribution in [3.63, 3.8) is 0 Å². The van der Waals surface area contributed by atoms with E-state index in [0.29, 0.717) is 18.2 Å². The molecule has 2 unspecified atom stereocenters. The topological polar surface area (TPSA) is 30.5 Å². The number of hydrogen-bond acceptors (Lipinski definition) is 3. The molecule has 1 N–H and O–H groups in total. The van der Waals surface area contributed by atoms with Crippen molar-refractivity contribution in [2.75, 3.05) is 20.3 Å². The Morgan fingerprint density at radius 3 is 1.93 bits per heavy atom. The van der Waals surface area contributed by atoms with Crippen molar-refractivity contribution in [3.8, 4) is 0 Å². The summed E-state index contributed by atoms with van der Waals surface area (Å²) in [6.45, 7) is 1.92. The fraction of sp³-hybridized carbons (Fsp3) is 1.00. The predicted molar refractivity (Wildman–Crippen MR) is 60.0 cm³/mol. The third-order valence-corrected chi connectivity index (χ3v) is 3.55. The minimum atomic E-state index is 0.490. The molecule has 2 fully saturated rings. The van der Waals surface area contributed by atoms with Gasteiger partial charge in [-0.3, -0.25) is 0 Å². The second-order valence-corrected chi connectivity index (χ2v) is 4.73. The van der Waals surface area contributed by atoms with E-state index >= 15 is 0 Å². The Morgan fingerprint density at radius 2 is 1.60 bits per heavy atom. The predicted octanol–water partition coefficient (Wildman–Crippen LogP) is 1.71. The average molecular weight is 213 g/mol. The minimum Gasteiger partial charge on any atom is -0.378 e. The summed E-state index contributed by atoms with van der Waals surface area (Å²) in [6.07, 6.45) is 8.23. The lowest BCUT2D eigenvalue weighted by molar-refractivity contribution is 0.0699. The molecule has 2 atom stereocenters. The molecule has 3 heteroatoms. The van der Waals surface area contributed by atoms with Gasteiger partial charge in [0.25, 0.3) is 0 Å². The van der Waals surface area contributed by atoms with E-state index in [2.05, 4.69) is 12.4 Å². The molecule has 0 spiro atoms. The minimum absolute atomic E-state index is 0.490. The van der Waals surface area contributed by atoms with Gasteiger partial charge in [0.05, 0.1) is 12.2 Å². The van der Waals surface area contributed by atoms with E-state index in [9.17, 15) is 0 Å². The van der Waals surface area contributed by atoms with Crippen molar-refractivity contribution in [1.82, 2.24) is 5.32 Å². The van der Waals surface area contributed by atoms with Crippen molar-refractivity contribution in [2.45, 2.75) is 56.8 Å². The van der Waals surface area contributed by atoms with E-state index < -0.39 is 0 Å². The summed E-state index contributed by atoms with van der Waals surface area (Å²) >= 11 is 0. The summed E-state index contributed by atoms with van der Waals surface area (Å²) in [6, 6.07) is 0.566. The highest BCUT2D eigenvalue weighted by Gasteiger charge is 2.24. The Balaban J connectivity index is 1.70. The third-order valence-electron chi connectivity index (χ3n) is 3.55. The molecule has 0 aromatic heterocycles. The van der Waals surface area contributed by atoms with Crippen LogP contribution in [0.2, 0.25) is 0 Å². The van der Waals surface area contributed by atoms with E-state index in [1.165, 1.54) is 25.7 Å². The van der Waals surface area contributed by atoms with Gasteiger partial charge in [-0.05, 0) is 45.6 Å². The van der Waals surface area contributed by atoms with Crippen LogP contribution in [-0.4, -0.2) is 38.5 Å². The fourth-order valence-electron chi connectivity index (χ4n) is 2.63. The van der Waals surface area contributed by atoms with Gasteiger partial charge < -0.3 is 14.8 Å². The first-order valence-electron chi connectivity index (χ1n) is 6.29.